The predicted octanol–water partition coefficient (Wildman–Crippen LogP) is 1.86. The molecule has 0 aromatic heterocycles. The predicted molar refractivity (Wildman–Crippen MR) is 53.4 cm³/mol. The van der Waals surface area contributed by atoms with Crippen LogP contribution in [0.25, 0.3) is 0 Å². The van der Waals surface area contributed by atoms with Gasteiger partial charge in [-0.25, -0.2) is 4.79 Å². The molecule has 0 heterocycles. The van der Waals surface area contributed by atoms with Crippen LogP contribution in [0.5, 0.6) is 0 Å². The number of nitriles is 1. The zero-order valence-electron chi connectivity index (χ0n) is 9.21. The minimum Gasteiger partial charge on any atom is -0.465 e. The highest BCUT2D eigenvalue weighted by molar-refractivity contribution is 5.94. The zero-order chi connectivity index (χ0) is 13.9. The van der Waals surface area contributed by atoms with Crippen LogP contribution in [0.3, 0.4) is 0 Å². The monoisotopic (exact) mass is 259 g/mol. The van der Waals surface area contributed by atoms with Gasteiger partial charge in [-0.2, -0.15) is 18.4 Å². The smallest absolute Gasteiger partial charge is 0.417 e. The molecule has 1 aromatic rings. The lowest BCUT2D eigenvalue weighted by atomic mass is 9.96. The summed E-state index contributed by atoms with van der Waals surface area (Å²) in [6.07, 6.45) is -4.87. The van der Waals surface area contributed by atoms with Gasteiger partial charge in [0.2, 0.25) is 0 Å². The molecule has 7 heteroatoms. The molecule has 0 amide bonds. The Kier molecular flexibility index (Phi) is 3.93. The lowest BCUT2D eigenvalue weighted by molar-refractivity contribution is -0.139. The number of halogens is 3. The normalized spacial score (nSPS) is 10.9. The highest BCUT2D eigenvalue weighted by Gasteiger charge is 2.39. The Morgan fingerprint density at radius 1 is 1.50 bits per heavy atom. The van der Waals surface area contributed by atoms with Crippen LogP contribution in [0.2, 0.25) is 0 Å². The molecule has 0 fully saturated rings. The molecule has 0 aliphatic rings. The first-order chi connectivity index (χ1) is 8.36. The number of ether oxygens (including phenoxy) is 1. The van der Waals surface area contributed by atoms with Crippen LogP contribution in [-0.4, -0.2) is 18.2 Å². The van der Waals surface area contributed by atoms with E-state index in [1.165, 1.54) is 6.07 Å². The third-order valence-corrected chi connectivity index (χ3v) is 2.26. The van der Waals surface area contributed by atoms with Gasteiger partial charge >= 0.3 is 12.1 Å². The summed E-state index contributed by atoms with van der Waals surface area (Å²) in [6.45, 7) is -0.898. The standard InChI is InChI=1S/C11H8F3NO3/c1-18-10(17)8-6(4-15)2-3-7(5-16)9(8)11(12,13)14/h2-3,16H,5H2,1H3. The molecule has 0 radical (unpaired) electrons. The Balaban J connectivity index is 3.71. The quantitative estimate of drug-likeness (QED) is 0.823. The van der Waals surface area contributed by atoms with Crippen molar-refractivity contribution >= 4 is 5.97 Å². The van der Waals surface area contributed by atoms with Crippen molar-refractivity contribution < 1.29 is 27.8 Å². The maximum absolute atomic E-state index is 12.9. The fourth-order valence-electron chi connectivity index (χ4n) is 1.51. The van der Waals surface area contributed by atoms with Crippen LogP contribution in [0.4, 0.5) is 13.2 Å². The highest BCUT2D eigenvalue weighted by Crippen LogP contribution is 2.36. The minimum atomic E-state index is -4.87. The van der Waals surface area contributed by atoms with E-state index < -0.39 is 41.0 Å². The lowest BCUT2D eigenvalue weighted by Crippen LogP contribution is -2.19. The molecular formula is C11H8F3NO3. The van der Waals surface area contributed by atoms with Crippen LogP contribution in [-0.2, 0) is 17.5 Å². The van der Waals surface area contributed by atoms with Gasteiger partial charge < -0.3 is 9.84 Å². The van der Waals surface area contributed by atoms with Gasteiger partial charge in [-0.15, -0.1) is 0 Å². The molecule has 0 saturated carbocycles. The number of esters is 1. The molecule has 1 rings (SSSR count). The molecular weight excluding hydrogens is 251 g/mol. The van der Waals surface area contributed by atoms with Gasteiger partial charge in [0.05, 0.1) is 30.4 Å². The van der Waals surface area contributed by atoms with Crippen LogP contribution in [0.15, 0.2) is 12.1 Å². The summed E-state index contributed by atoms with van der Waals surface area (Å²) >= 11 is 0. The van der Waals surface area contributed by atoms with Gasteiger partial charge in [-0.3, -0.25) is 0 Å². The average molecular weight is 259 g/mol. The van der Waals surface area contributed by atoms with E-state index in [1.807, 2.05) is 0 Å². The second kappa shape index (κ2) is 5.06. The summed E-state index contributed by atoms with van der Waals surface area (Å²) < 4.78 is 42.9. The van der Waals surface area contributed by atoms with Crippen molar-refractivity contribution in [3.8, 4) is 6.07 Å². The number of nitrogens with zero attached hydrogens (tertiary/aromatic N) is 1. The van der Waals surface area contributed by atoms with Crippen molar-refractivity contribution in [2.75, 3.05) is 7.11 Å². The van der Waals surface area contributed by atoms with Gasteiger partial charge in [-0.1, -0.05) is 6.07 Å². The van der Waals surface area contributed by atoms with E-state index in [-0.39, 0.29) is 0 Å². The highest BCUT2D eigenvalue weighted by atomic mass is 19.4. The van der Waals surface area contributed by atoms with Crippen LogP contribution >= 0.6 is 0 Å². The van der Waals surface area contributed by atoms with Gasteiger partial charge in [0, 0.05) is 0 Å². The summed E-state index contributed by atoms with van der Waals surface area (Å²) in [5, 5.41) is 17.6. The van der Waals surface area contributed by atoms with E-state index in [0.29, 0.717) is 0 Å². The zero-order valence-corrected chi connectivity index (χ0v) is 9.21. The second-order valence-electron chi connectivity index (χ2n) is 3.28. The average Bonchev–Trinajstić information content (AvgIpc) is 2.34. The number of aliphatic hydroxyl groups is 1. The van der Waals surface area contributed by atoms with Crippen LogP contribution in [0.1, 0.15) is 27.0 Å². The van der Waals surface area contributed by atoms with Crippen molar-refractivity contribution in [3.05, 3.63) is 34.4 Å². The number of alkyl halides is 3. The molecule has 0 bridgehead atoms. The molecule has 0 saturated heterocycles. The largest absolute Gasteiger partial charge is 0.465 e. The second-order valence-corrected chi connectivity index (χ2v) is 3.28. The summed E-state index contributed by atoms with van der Waals surface area (Å²) in [5.41, 5.74) is -3.15. The molecule has 1 aromatic carbocycles. The molecule has 18 heavy (non-hydrogen) atoms. The number of carbonyl (C=O) groups excluding carboxylic acids is 1. The number of aliphatic hydroxyl groups excluding tert-OH is 1. The molecule has 0 atom stereocenters. The molecule has 4 nitrogen and oxygen atoms in total. The first-order valence-electron chi connectivity index (χ1n) is 4.69. The third-order valence-electron chi connectivity index (χ3n) is 2.26. The van der Waals surface area contributed by atoms with Crippen LogP contribution < -0.4 is 0 Å². The van der Waals surface area contributed by atoms with Crippen molar-refractivity contribution in [1.82, 2.24) is 0 Å². The fourth-order valence-corrected chi connectivity index (χ4v) is 1.51. The third kappa shape index (κ3) is 2.43. The number of hydrogen-bond acceptors (Lipinski definition) is 4. The van der Waals surface area contributed by atoms with E-state index in [2.05, 4.69) is 4.74 Å². The van der Waals surface area contributed by atoms with Gasteiger partial charge in [-0.05, 0) is 11.6 Å². The first kappa shape index (κ1) is 14.0. The maximum Gasteiger partial charge on any atom is 0.417 e. The summed E-state index contributed by atoms with van der Waals surface area (Å²) in [6, 6.07) is 3.48. The summed E-state index contributed by atoms with van der Waals surface area (Å²) in [5.74, 6) is -1.27. The summed E-state index contributed by atoms with van der Waals surface area (Å²) in [7, 11) is 0.912. The van der Waals surface area contributed by atoms with Crippen LogP contribution in [0, 0.1) is 11.3 Å². The molecule has 0 unspecified atom stereocenters. The number of methoxy groups -OCH3 is 1. The Bertz CT molecular complexity index is 517. The molecule has 96 valence electrons. The molecule has 0 spiro atoms. The van der Waals surface area contributed by atoms with Crippen molar-refractivity contribution in [2.24, 2.45) is 0 Å². The molecule has 1 N–H and O–H groups in total. The van der Waals surface area contributed by atoms with Crippen molar-refractivity contribution in [1.29, 1.82) is 5.26 Å². The first-order valence-corrected chi connectivity index (χ1v) is 4.69. The Labute approximate surface area is 100 Å². The Hall–Kier alpha value is -2.07. The van der Waals surface area contributed by atoms with E-state index in [9.17, 15) is 18.0 Å². The Morgan fingerprint density at radius 2 is 2.11 bits per heavy atom. The van der Waals surface area contributed by atoms with Gasteiger partial charge in [0.25, 0.3) is 0 Å². The number of benzene rings is 1. The maximum atomic E-state index is 12.9. The lowest BCUT2D eigenvalue weighted by Gasteiger charge is -2.16. The molecule has 0 aliphatic heterocycles. The van der Waals surface area contributed by atoms with Crippen molar-refractivity contribution in [3.63, 3.8) is 0 Å². The fraction of sp³-hybridized carbons (Fsp3) is 0.273. The van der Waals surface area contributed by atoms with E-state index >= 15 is 0 Å². The molecule has 0 aliphatic carbocycles. The van der Waals surface area contributed by atoms with E-state index in [0.717, 1.165) is 19.2 Å². The minimum absolute atomic E-state index is 0.452. The van der Waals surface area contributed by atoms with E-state index in [1.54, 1.807) is 0 Å². The number of carbonyl (C=O) groups is 1. The number of hydrogen-bond donors (Lipinski definition) is 1. The van der Waals surface area contributed by atoms with E-state index in [4.69, 9.17) is 10.4 Å². The summed E-state index contributed by atoms with van der Waals surface area (Å²) in [4.78, 5) is 11.4. The Morgan fingerprint density at radius 3 is 2.50 bits per heavy atom. The topological polar surface area (TPSA) is 70.3 Å². The van der Waals surface area contributed by atoms with Gasteiger partial charge in [0.15, 0.2) is 0 Å². The van der Waals surface area contributed by atoms with Gasteiger partial charge in [0.1, 0.15) is 6.07 Å². The number of rotatable bonds is 2. The van der Waals surface area contributed by atoms with Crippen molar-refractivity contribution in [2.45, 2.75) is 12.8 Å². The SMILES string of the molecule is COC(=O)c1c(C#N)ccc(CO)c1C(F)(F)F.